The molecule has 0 spiro atoms. The Balaban J connectivity index is 2.38. The molecule has 1 aliphatic rings. The van der Waals surface area contributed by atoms with Gasteiger partial charge in [0.05, 0.1) is 0 Å². The smallest absolute Gasteiger partial charge is 0.330 e. The van der Waals surface area contributed by atoms with Crippen molar-refractivity contribution in [3.05, 3.63) is 24.8 Å². The number of rotatable bonds is 4. The van der Waals surface area contributed by atoms with Gasteiger partial charge in [0.25, 0.3) is 0 Å². The minimum atomic E-state index is -0.732. The summed E-state index contributed by atoms with van der Waals surface area (Å²) in [5.74, 6) is -0.944. The molecular weight excluding hydrogens is 212 g/mol. The van der Waals surface area contributed by atoms with Crippen molar-refractivity contribution in [2.75, 3.05) is 6.61 Å². The summed E-state index contributed by atoms with van der Waals surface area (Å²) in [5.41, 5.74) is 0.662. The van der Waals surface area contributed by atoms with Gasteiger partial charge in [-0.25, -0.2) is 4.79 Å². The van der Waals surface area contributed by atoms with Crippen molar-refractivity contribution in [3.8, 4) is 0 Å². The van der Waals surface area contributed by atoms with Crippen LogP contribution >= 0.6 is 0 Å². The van der Waals surface area contributed by atoms with E-state index in [0.717, 1.165) is 6.08 Å². The van der Waals surface area contributed by atoms with Crippen LogP contribution in [0.5, 0.6) is 0 Å². The average molecular weight is 226 g/mol. The second-order valence-electron chi connectivity index (χ2n) is 3.40. The molecule has 0 bridgehead atoms. The zero-order valence-electron chi connectivity index (χ0n) is 9.10. The van der Waals surface area contributed by atoms with E-state index in [4.69, 9.17) is 14.2 Å². The van der Waals surface area contributed by atoms with Crippen LogP contribution in [0.4, 0.5) is 0 Å². The zero-order chi connectivity index (χ0) is 12.1. The van der Waals surface area contributed by atoms with E-state index in [1.54, 1.807) is 0 Å². The molecule has 0 saturated carbocycles. The van der Waals surface area contributed by atoms with Crippen molar-refractivity contribution in [3.63, 3.8) is 0 Å². The molecule has 0 radical (unpaired) electrons. The van der Waals surface area contributed by atoms with Gasteiger partial charge < -0.3 is 14.2 Å². The molecule has 2 atom stereocenters. The number of esters is 2. The SMILES string of the molecule is C=CC(=O)OC[C@@H]1CC(=C)C(OC(C)=O)O1. The van der Waals surface area contributed by atoms with Gasteiger partial charge >= 0.3 is 11.9 Å². The topological polar surface area (TPSA) is 61.8 Å². The Morgan fingerprint density at radius 3 is 2.88 bits per heavy atom. The highest BCUT2D eigenvalue weighted by molar-refractivity contribution is 5.81. The fraction of sp³-hybridized carbons (Fsp3) is 0.455. The summed E-state index contributed by atoms with van der Waals surface area (Å²) in [4.78, 5) is 21.5. The standard InChI is InChI=1S/C11H14O5/c1-4-10(13)14-6-9-5-7(2)11(16-9)15-8(3)12/h4,9,11H,1-2,5-6H2,3H3/t9-,11?/m0/s1. The summed E-state index contributed by atoms with van der Waals surface area (Å²) in [5, 5.41) is 0. The van der Waals surface area contributed by atoms with Crippen LogP contribution in [0.15, 0.2) is 24.8 Å². The molecule has 1 aliphatic heterocycles. The molecule has 5 heteroatoms. The second-order valence-corrected chi connectivity index (χ2v) is 3.40. The summed E-state index contributed by atoms with van der Waals surface area (Å²) in [6.45, 7) is 8.39. The summed E-state index contributed by atoms with van der Waals surface area (Å²) >= 11 is 0. The fourth-order valence-electron chi connectivity index (χ4n) is 1.30. The number of hydrogen-bond donors (Lipinski definition) is 0. The summed E-state index contributed by atoms with van der Waals surface area (Å²) in [7, 11) is 0. The van der Waals surface area contributed by atoms with E-state index >= 15 is 0 Å². The quantitative estimate of drug-likeness (QED) is 0.405. The third kappa shape index (κ3) is 3.51. The first-order valence-corrected chi connectivity index (χ1v) is 4.82. The van der Waals surface area contributed by atoms with Crippen molar-refractivity contribution < 1.29 is 23.8 Å². The van der Waals surface area contributed by atoms with Crippen molar-refractivity contribution in [1.82, 2.24) is 0 Å². The van der Waals surface area contributed by atoms with Crippen LogP contribution < -0.4 is 0 Å². The lowest BCUT2D eigenvalue weighted by Crippen LogP contribution is -2.21. The number of carbonyl (C=O) groups excluding carboxylic acids is 2. The number of ether oxygens (including phenoxy) is 3. The number of carbonyl (C=O) groups is 2. The molecule has 0 aliphatic carbocycles. The van der Waals surface area contributed by atoms with Crippen LogP contribution in [0, 0.1) is 0 Å². The lowest BCUT2D eigenvalue weighted by atomic mass is 10.2. The Morgan fingerprint density at radius 2 is 2.31 bits per heavy atom. The minimum absolute atomic E-state index is 0.0988. The lowest BCUT2D eigenvalue weighted by molar-refractivity contribution is -0.172. The van der Waals surface area contributed by atoms with E-state index in [0.29, 0.717) is 12.0 Å². The molecular formula is C11H14O5. The largest absolute Gasteiger partial charge is 0.460 e. The first-order chi connectivity index (χ1) is 7.52. The lowest BCUT2D eigenvalue weighted by Gasteiger charge is -2.13. The average Bonchev–Trinajstić information content (AvgIpc) is 2.55. The molecule has 1 fully saturated rings. The van der Waals surface area contributed by atoms with Crippen molar-refractivity contribution >= 4 is 11.9 Å². The predicted molar refractivity (Wildman–Crippen MR) is 55.3 cm³/mol. The first kappa shape index (κ1) is 12.4. The maximum absolute atomic E-state index is 10.8. The van der Waals surface area contributed by atoms with Gasteiger partial charge in [-0.1, -0.05) is 13.2 Å². The van der Waals surface area contributed by atoms with Crippen LogP contribution in [-0.2, 0) is 23.8 Å². The Morgan fingerprint density at radius 1 is 1.62 bits per heavy atom. The Bertz CT molecular complexity index is 320. The molecule has 0 aromatic rings. The summed E-state index contributed by atoms with van der Waals surface area (Å²) < 4.78 is 15.0. The van der Waals surface area contributed by atoms with Crippen LogP contribution in [0.3, 0.4) is 0 Å². The van der Waals surface area contributed by atoms with E-state index < -0.39 is 18.2 Å². The maximum atomic E-state index is 10.8. The molecule has 88 valence electrons. The van der Waals surface area contributed by atoms with Gasteiger partial charge in [0.2, 0.25) is 6.29 Å². The van der Waals surface area contributed by atoms with Crippen molar-refractivity contribution in [2.45, 2.75) is 25.7 Å². The minimum Gasteiger partial charge on any atom is -0.460 e. The van der Waals surface area contributed by atoms with Crippen LogP contribution in [-0.4, -0.2) is 30.9 Å². The van der Waals surface area contributed by atoms with E-state index in [1.807, 2.05) is 0 Å². The highest BCUT2D eigenvalue weighted by Gasteiger charge is 2.31. The van der Waals surface area contributed by atoms with Gasteiger partial charge in [-0.2, -0.15) is 0 Å². The highest BCUT2D eigenvalue weighted by atomic mass is 16.7. The van der Waals surface area contributed by atoms with Crippen LogP contribution in [0.25, 0.3) is 0 Å². The van der Waals surface area contributed by atoms with Gasteiger partial charge in [-0.3, -0.25) is 4.79 Å². The Labute approximate surface area is 93.7 Å². The summed E-state index contributed by atoms with van der Waals surface area (Å²) in [6, 6.07) is 0. The Kier molecular flexibility index (Phi) is 4.25. The van der Waals surface area contributed by atoms with Crippen molar-refractivity contribution in [1.29, 1.82) is 0 Å². The van der Waals surface area contributed by atoms with Gasteiger partial charge in [-0.05, 0) is 5.57 Å². The van der Waals surface area contributed by atoms with E-state index in [1.165, 1.54) is 6.92 Å². The molecule has 1 rings (SSSR count). The third-order valence-corrected chi connectivity index (χ3v) is 1.99. The monoisotopic (exact) mass is 226 g/mol. The fourth-order valence-corrected chi connectivity index (χ4v) is 1.30. The molecule has 5 nitrogen and oxygen atoms in total. The molecule has 0 aromatic carbocycles. The van der Waals surface area contributed by atoms with Gasteiger partial charge in [0.15, 0.2) is 0 Å². The molecule has 1 saturated heterocycles. The number of hydrogen-bond acceptors (Lipinski definition) is 5. The Hall–Kier alpha value is -1.62. The molecule has 0 aromatic heterocycles. The third-order valence-electron chi connectivity index (χ3n) is 1.99. The summed E-state index contributed by atoms with van der Waals surface area (Å²) in [6.07, 6.45) is 0.529. The molecule has 16 heavy (non-hydrogen) atoms. The second kappa shape index (κ2) is 5.46. The normalized spacial score (nSPS) is 23.9. The van der Waals surface area contributed by atoms with E-state index in [2.05, 4.69) is 13.2 Å². The molecule has 1 heterocycles. The molecule has 1 unspecified atom stereocenters. The van der Waals surface area contributed by atoms with E-state index in [9.17, 15) is 9.59 Å². The predicted octanol–water partition coefficient (Wildman–Crippen LogP) is 0.950. The molecule has 0 amide bonds. The van der Waals surface area contributed by atoms with Crippen molar-refractivity contribution in [2.24, 2.45) is 0 Å². The maximum Gasteiger partial charge on any atom is 0.330 e. The highest BCUT2D eigenvalue weighted by Crippen LogP contribution is 2.25. The zero-order valence-corrected chi connectivity index (χ0v) is 9.10. The van der Waals surface area contributed by atoms with Gasteiger partial charge in [0.1, 0.15) is 12.7 Å². The first-order valence-electron chi connectivity index (χ1n) is 4.82. The van der Waals surface area contributed by atoms with Crippen LogP contribution in [0.2, 0.25) is 0 Å². The van der Waals surface area contributed by atoms with E-state index in [-0.39, 0.29) is 12.7 Å². The van der Waals surface area contributed by atoms with Gasteiger partial charge in [0, 0.05) is 19.4 Å². The van der Waals surface area contributed by atoms with Crippen LogP contribution in [0.1, 0.15) is 13.3 Å². The van der Waals surface area contributed by atoms with Gasteiger partial charge in [-0.15, -0.1) is 0 Å². The molecule has 0 N–H and O–H groups in total.